The molecule has 30 heavy (non-hydrogen) atoms. The van der Waals surface area contributed by atoms with E-state index in [2.05, 4.69) is 20.6 Å². The van der Waals surface area contributed by atoms with Crippen LogP contribution in [0.3, 0.4) is 0 Å². The molecule has 7 heteroatoms. The third-order valence-electron chi connectivity index (χ3n) is 4.92. The van der Waals surface area contributed by atoms with Gasteiger partial charge in [0.15, 0.2) is 0 Å². The smallest absolute Gasteiger partial charge is 0.255 e. The lowest BCUT2D eigenvalue weighted by Crippen LogP contribution is -2.50. The first kappa shape index (κ1) is 21.4. The summed E-state index contributed by atoms with van der Waals surface area (Å²) in [5.74, 6) is 0.791. The van der Waals surface area contributed by atoms with Gasteiger partial charge in [-0.2, -0.15) is 0 Å². The largest absolute Gasteiger partial charge is 0.496 e. The van der Waals surface area contributed by atoms with Gasteiger partial charge < -0.3 is 20.4 Å². The molecule has 0 bridgehead atoms. The van der Waals surface area contributed by atoms with Crippen LogP contribution in [0.4, 0.5) is 0 Å². The van der Waals surface area contributed by atoms with E-state index in [9.17, 15) is 9.59 Å². The molecule has 0 spiro atoms. The minimum absolute atomic E-state index is 0.0565. The Kier molecular flexibility index (Phi) is 7.06. The van der Waals surface area contributed by atoms with E-state index in [0.717, 1.165) is 29.7 Å². The number of carbonyl (C=O) groups is 2. The van der Waals surface area contributed by atoms with Crippen LogP contribution >= 0.6 is 0 Å². The molecule has 0 saturated heterocycles. The van der Waals surface area contributed by atoms with Gasteiger partial charge in [0.25, 0.3) is 5.91 Å². The SMILES string of the molecule is COc1ccccc1C(=O)NC(C(=O)NCCCc1nc2ccccc2[nH]1)C(C)C. The average Bonchev–Trinajstić information content (AvgIpc) is 3.17. The van der Waals surface area contributed by atoms with E-state index in [-0.39, 0.29) is 17.7 Å². The number of hydrogen-bond acceptors (Lipinski definition) is 4. The van der Waals surface area contributed by atoms with Crippen LogP contribution in [0, 0.1) is 5.92 Å². The molecule has 158 valence electrons. The van der Waals surface area contributed by atoms with Crippen molar-refractivity contribution in [3.63, 3.8) is 0 Å². The van der Waals surface area contributed by atoms with E-state index >= 15 is 0 Å². The Morgan fingerprint density at radius 2 is 1.83 bits per heavy atom. The molecule has 0 aliphatic rings. The first-order valence-corrected chi connectivity index (χ1v) is 10.1. The van der Waals surface area contributed by atoms with Crippen LogP contribution < -0.4 is 15.4 Å². The standard InChI is InChI=1S/C23H28N4O3/c1-15(2)21(27-22(28)16-9-4-7-12-19(16)30-3)23(29)24-14-8-13-20-25-17-10-5-6-11-18(17)26-20/h4-7,9-12,15,21H,8,13-14H2,1-3H3,(H,24,29)(H,25,26)(H,27,28). The number of carbonyl (C=O) groups excluding carboxylic acids is 2. The molecule has 2 aromatic carbocycles. The van der Waals surface area contributed by atoms with Crippen molar-refractivity contribution in [1.82, 2.24) is 20.6 Å². The number of amides is 2. The summed E-state index contributed by atoms with van der Waals surface area (Å²) in [4.78, 5) is 33.2. The molecule has 0 aliphatic heterocycles. The van der Waals surface area contributed by atoms with Crippen LogP contribution in [0.1, 0.15) is 36.5 Å². The van der Waals surface area contributed by atoms with E-state index in [1.54, 1.807) is 24.3 Å². The van der Waals surface area contributed by atoms with Crippen molar-refractivity contribution in [3.8, 4) is 5.75 Å². The van der Waals surface area contributed by atoms with Gasteiger partial charge in [-0.15, -0.1) is 0 Å². The maximum Gasteiger partial charge on any atom is 0.255 e. The zero-order valence-corrected chi connectivity index (χ0v) is 17.6. The highest BCUT2D eigenvalue weighted by atomic mass is 16.5. The Morgan fingerprint density at radius 3 is 2.57 bits per heavy atom. The second-order valence-electron chi connectivity index (χ2n) is 7.49. The second-order valence-corrected chi connectivity index (χ2v) is 7.49. The van der Waals surface area contributed by atoms with Crippen LogP contribution in [-0.2, 0) is 11.2 Å². The highest BCUT2D eigenvalue weighted by Gasteiger charge is 2.25. The Morgan fingerprint density at radius 1 is 1.10 bits per heavy atom. The molecule has 3 aromatic rings. The number of imidazole rings is 1. The predicted octanol–water partition coefficient (Wildman–Crippen LogP) is 3.07. The Hall–Kier alpha value is -3.35. The fourth-order valence-electron chi connectivity index (χ4n) is 3.29. The van der Waals surface area contributed by atoms with Crippen molar-refractivity contribution in [1.29, 1.82) is 0 Å². The lowest BCUT2D eigenvalue weighted by molar-refractivity contribution is -0.123. The fraction of sp³-hybridized carbons (Fsp3) is 0.348. The van der Waals surface area contributed by atoms with Crippen molar-refractivity contribution in [2.45, 2.75) is 32.7 Å². The van der Waals surface area contributed by atoms with E-state index in [1.807, 2.05) is 38.1 Å². The molecule has 0 radical (unpaired) electrons. The Balaban J connectivity index is 1.53. The predicted molar refractivity (Wildman–Crippen MR) is 117 cm³/mol. The topological polar surface area (TPSA) is 96.1 Å². The summed E-state index contributed by atoms with van der Waals surface area (Å²) < 4.78 is 5.24. The first-order valence-electron chi connectivity index (χ1n) is 10.1. The van der Waals surface area contributed by atoms with Gasteiger partial charge >= 0.3 is 0 Å². The van der Waals surface area contributed by atoms with E-state index in [0.29, 0.717) is 17.9 Å². The molecule has 0 saturated carbocycles. The highest BCUT2D eigenvalue weighted by Crippen LogP contribution is 2.17. The van der Waals surface area contributed by atoms with Gasteiger partial charge in [0.1, 0.15) is 17.6 Å². The number of aromatic nitrogens is 2. The maximum absolute atomic E-state index is 12.7. The molecule has 3 rings (SSSR count). The summed E-state index contributed by atoms with van der Waals surface area (Å²) in [6, 6.07) is 14.2. The van der Waals surface area contributed by atoms with Gasteiger partial charge in [0.2, 0.25) is 5.91 Å². The minimum Gasteiger partial charge on any atom is -0.496 e. The second kappa shape index (κ2) is 9.91. The summed E-state index contributed by atoms with van der Waals surface area (Å²) in [6.45, 7) is 4.31. The number of methoxy groups -OCH3 is 1. The van der Waals surface area contributed by atoms with Gasteiger partial charge in [-0.25, -0.2) is 4.98 Å². The highest BCUT2D eigenvalue weighted by molar-refractivity contribution is 5.99. The zero-order valence-electron chi connectivity index (χ0n) is 17.6. The number of ether oxygens (including phenoxy) is 1. The van der Waals surface area contributed by atoms with E-state index in [1.165, 1.54) is 7.11 Å². The monoisotopic (exact) mass is 408 g/mol. The summed E-state index contributed by atoms with van der Waals surface area (Å²) in [6.07, 6.45) is 1.48. The third kappa shape index (κ3) is 5.17. The lowest BCUT2D eigenvalue weighted by atomic mass is 10.0. The molecule has 1 atom stereocenters. The number of rotatable bonds is 9. The number of aromatic amines is 1. The number of H-pyrrole nitrogens is 1. The number of aryl methyl sites for hydroxylation is 1. The first-order chi connectivity index (χ1) is 14.5. The molecule has 3 N–H and O–H groups in total. The van der Waals surface area contributed by atoms with E-state index in [4.69, 9.17) is 4.74 Å². The van der Waals surface area contributed by atoms with Crippen molar-refractivity contribution in [2.75, 3.05) is 13.7 Å². The number of fused-ring (bicyclic) bond motifs is 1. The number of hydrogen-bond donors (Lipinski definition) is 3. The number of para-hydroxylation sites is 3. The maximum atomic E-state index is 12.7. The van der Waals surface area contributed by atoms with Gasteiger partial charge in [0, 0.05) is 13.0 Å². The van der Waals surface area contributed by atoms with Gasteiger partial charge in [-0.3, -0.25) is 9.59 Å². The number of nitrogens with one attached hydrogen (secondary N) is 3. The van der Waals surface area contributed by atoms with Crippen LogP contribution in [0.5, 0.6) is 5.75 Å². The number of nitrogens with zero attached hydrogens (tertiary/aromatic N) is 1. The number of benzene rings is 2. The lowest BCUT2D eigenvalue weighted by Gasteiger charge is -2.22. The zero-order chi connectivity index (χ0) is 21.5. The van der Waals surface area contributed by atoms with Crippen molar-refractivity contribution < 1.29 is 14.3 Å². The van der Waals surface area contributed by atoms with Gasteiger partial charge in [-0.1, -0.05) is 38.1 Å². The van der Waals surface area contributed by atoms with Crippen molar-refractivity contribution in [3.05, 3.63) is 59.9 Å². The normalized spacial score (nSPS) is 12.0. The Bertz CT molecular complexity index is 979. The molecule has 1 aromatic heterocycles. The molecule has 2 amide bonds. The van der Waals surface area contributed by atoms with Gasteiger partial charge in [-0.05, 0) is 36.6 Å². The molecule has 1 heterocycles. The fourth-order valence-corrected chi connectivity index (χ4v) is 3.29. The summed E-state index contributed by atoms with van der Waals surface area (Å²) in [7, 11) is 1.51. The van der Waals surface area contributed by atoms with Crippen LogP contribution in [0.25, 0.3) is 11.0 Å². The van der Waals surface area contributed by atoms with Crippen LogP contribution in [0.15, 0.2) is 48.5 Å². The molecule has 1 unspecified atom stereocenters. The third-order valence-corrected chi connectivity index (χ3v) is 4.92. The summed E-state index contributed by atoms with van der Waals surface area (Å²) >= 11 is 0. The summed E-state index contributed by atoms with van der Waals surface area (Å²) in [5.41, 5.74) is 2.36. The quantitative estimate of drug-likeness (QED) is 0.474. The van der Waals surface area contributed by atoms with E-state index < -0.39 is 6.04 Å². The average molecular weight is 409 g/mol. The summed E-state index contributed by atoms with van der Waals surface area (Å²) in [5, 5.41) is 5.76. The molecule has 0 fully saturated rings. The van der Waals surface area contributed by atoms with Gasteiger partial charge in [0.05, 0.1) is 23.7 Å². The molecular weight excluding hydrogens is 380 g/mol. The van der Waals surface area contributed by atoms with Crippen molar-refractivity contribution >= 4 is 22.8 Å². The Labute approximate surface area is 176 Å². The van der Waals surface area contributed by atoms with Crippen LogP contribution in [-0.4, -0.2) is 41.5 Å². The minimum atomic E-state index is -0.631. The molecule has 0 aliphatic carbocycles. The molecular formula is C23H28N4O3. The van der Waals surface area contributed by atoms with Crippen LogP contribution in [0.2, 0.25) is 0 Å². The molecule has 7 nitrogen and oxygen atoms in total. The van der Waals surface area contributed by atoms with Crippen molar-refractivity contribution in [2.24, 2.45) is 5.92 Å².